The van der Waals surface area contributed by atoms with E-state index in [1.54, 1.807) is 0 Å². The largest absolute Gasteiger partial charge is 0.466 e. The van der Waals surface area contributed by atoms with Gasteiger partial charge in [0.15, 0.2) is 6.29 Å². The molecule has 0 heterocycles. The molecule has 0 atom stereocenters. The average Bonchev–Trinajstić information content (AvgIpc) is 2.36. The smallest absolute Gasteiger partial charge is 0.330 e. The number of carbonyl (C=O) groups excluding carboxylic acids is 2. The van der Waals surface area contributed by atoms with Crippen LogP contribution in [0.3, 0.4) is 0 Å². The molecule has 0 bridgehead atoms. The molecule has 17 heavy (non-hydrogen) atoms. The van der Waals surface area contributed by atoms with Crippen molar-refractivity contribution in [2.45, 2.75) is 6.29 Å². The van der Waals surface area contributed by atoms with E-state index in [1.165, 1.54) is 34.5 Å². The number of rotatable bonds is 6. The molecule has 0 fully saturated rings. The highest BCUT2D eigenvalue weighted by molar-refractivity contribution is 5.85. The molecule has 6 heteroatoms. The average molecular weight is 244 g/mol. The van der Waals surface area contributed by atoms with Gasteiger partial charge in [-0.25, -0.2) is 9.59 Å². The summed E-state index contributed by atoms with van der Waals surface area (Å²) < 4.78 is 18.8. The van der Waals surface area contributed by atoms with Gasteiger partial charge in [0.1, 0.15) is 0 Å². The molecule has 0 aromatic heterocycles. The number of ether oxygens (including phenoxy) is 4. The molecule has 0 amide bonds. The van der Waals surface area contributed by atoms with E-state index in [2.05, 4.69) is 9.47 Å². The van der Waals surface area contributed by atoms with E-state index in [-0.39, 0.29) is 0 Å². The number of hydrogen-bond acceptors (Lipinski definition) is 6. The van der Waals surface area contributed by atoms with E-state index >= 15 is 0 Å². The molecule has 0 aliphatic carbocycles. The van der Waals surface area contributed by atoms with Gasteiger partial charge >= 0.3 is 11.9 Å². The highest BCUT2D eigenvalue weighted by Gasteiger charge is 2.12. The van der Waals surface area contributed by atoms with Crippen LogP contribution in [0.15, 0.2) is 23.8 Å². The van der Waals surface area contributed by atoms with Gasteiger partial charge in [-0.3, -0.25) is 0 Å². The summed E-state index contributed by atoms with van der Waals surface area (Å²) in [6, 6.07) is 0. The molecule has 0 aromatic rings. The van der Waals surface area contributed by atoms with Gasteiger partial charge in [0, 0.05) is 31.9 Å². The Morgan fingerprint density at radius 2 is 1.41 bits per heavy atom. The van der Waals surface area contributed by atoms with E-state index in [4.69, 9.17) is 9.47 Å². The van der Waals surface area contributed by atoms with Crippen molar-refractivity contribution < 1.29 is 28.5 Å². The number of esters is 2. The third-order valence-corrected chi connectivity index (χ3v) is 1.80. The van der Waals surface area contributed by atoms with Crippen LogP contribution in [0.5, 0.6) is 0 Å². The summed E-state index contributed by atoms with van der Waals surface area (Å²) in [7, 11) is 5.31. The van der Waals surface area contributed by atoms with Gasteiger partial charge in [0.05, 0.1) is 14.2 Å². The maximum Gasteiger partial charge on any atom is 0.330 e. The molecule has 0 aliphatic rings. The van der Waals surface area contributed by atoms with Crippen molar-refractivity contribution in [2.75, 3.05) is 28.4 Å². The molecule has 0 spiro atoms. The second-order valence-corrected chi connectivity index (χ2v) is 2.83. The first-order valence-electron chi connectivity index (χ1n) is 4.70. The van der Waals surface area contributed by atoms with Crippen molar-refractivity contribution >= 4 is 11.9 Å². The van der Waals surface area contributed by atoms with E-state index in [1.807, 2.05) is 0 Å². The van der Waals surface area contributed by atoms with Crippen molar-refractivity contribution in [3.63, 3.8) is 0 Å². The highest BCUT2D eigenvalue weighted by atomic mass is 16.7. The molecular formula is C11H16O6. The second kappa shape index (κ2) is 8.49. The van der Waals surface area contributed by atoms with Crippen molar-refractivity contribution in [3.05, 3.63) is 23.8 Å². The maximum atomic E-state index is 11.1. The fraction of sp³-hybridized carbons (Fsp3) is 0.455. The molecular weight excluding hydrogens is 228 g/mol. The zero-order valence-electron chi connectivity index (χ0n) is 10.3. The van der Waals surface area contributed by atoms with Crippen LogP contribution in [0, 0.1) is 0 Å². The molecule has 0 aliphatic heterocycles. The Morgan fingerprint density at radius 1 is 0.882 bits per heavy atom. The summed E-state index contributed by atoms with van der Waals surface area (Å²) >= 11 is 0. The summed E-state index contributed by atoms with van der Waals surface area (Å²) in [6.07, 6.45) is 2.91. The van der Waals surface area contributed by atoms with Crippen LogP contribution in [0.1, 0.15) is 0 Å². The number of carbonyl (C=O) groups is 2. The maximum absolute atomic E-state index is 11.1. The molecule has 0 saturated carbocycles. The molecule has 0 radical (unpaired) electrons. The highest BCUT2D eigenvalue weighted by Crippen LogP contribution is 2.09. The molecule has 0 aromatic carbocycles. The van der Waals surface area contributed by atoms with Gasteiger partial charge in [-0.15, -0.1) is 0 Å². The Balaban J connectivity index is 4.97. The quantitative estimate of drug-likeness (QED) is 0.292. The number of hydrogen-bond donors (Lipinski definition) is 0. The van der Waals surface area contributed by atoms with Crippen LogP contribution in [-0.2, 0) is 28.5 Å². The Hall–Kier alpha value is -1.66. The minimum atomic E-state index is -0.769. The zero-order valence-corrected chi connectivity index (χ0v) is 10.3. The standard InChI is InChI=1S/C11H16O6/c1-14-9(12)6-5-8(7-10(13)15-2)11(16-3)17-4/h5-7,11H,1-4H3/b6-5+,8-7-. The Morgan fingerprint density at radius 3 is 1.82 bits per heavy atom. The lowest BCUT2D eigenvalue weighted by Crippen LogP contribution is -2.16. The van der Waals surface area contributed by atoms with Crippen molar-refractivity contribution in [2.24, 2.45) is 0 Å². The molecule has 0 N–H and O–H groups in total. The van der Waals surface area contributed by atoms with E-state index < -0.39 is 18.2 Å². The minimum Gasteiger partial charge on any atom is -0.466 e. The minimum absolute atomic E-state index is 0.340. The van der Waals surface area contributed by atoms with Gasteiger partial charge in [-0.05, 0) is 6.08 Å². The molecule has 0 unspecified atom stereocenters. The van der Waals surface area contributed by atoms with E-state index in [0.29, 0.717) is 5.57 Å². The summed E-state index contributed by atoms with van der Waals surface area (Å²) in [5.41, 5.74) is 0.340. The Labute approximate surface area is 99.8 Å². The van der Waals surface area contributed by atoms with Crippen LogP contribution in [0.25, 0.3) is 0 Å². The fourth-order valence-electron chi connectivity index (χ4n) is 0.990. The van der Waals surface area contributed by atoms with E-state index in [9.17, 15) is 9.59 Å². The Bertz CT molecular complexity index is 314. The summed E-state index contributed by atoms with van der Waals surface area (Å²) in [5.74, 6) is -1.12. The first-order chi connectivity index (χ1) is 8.08. The third-order valence-electron chi connectivity index (χ3n) is 1.80. The van der Waals surface area contributed by atoms with Gasteiger partial charge in [0.2, 0.25) is 0 Å². The van der Waals surface area contributed by atoms with E-state index in [0.717, 1.165) is 12.2 Å². The molecule has 0 rings (SSSR count). The van der Waals surface area contributed by atoms with Gasteiger partial charge < -0.3 is 18.9 Å². The summed E-state index contributed by atoms with van der Waals surface area (Å²) in [5, 5.41) is 0. The SMILES string of the molecule is COC(=O)/C=C(/C=C/C(=O)OC)C(OC)OC. The lowest BCUT2D eigenvalue weighted by molar-refractivity contribution is -0.136. The second-order valence-electron chi connectivity index (χ2n) is 2.83. The van der Waals surface area contributed by atoms with Crippen LogP contribution in [-0.4, -0.2) is 46.7 Å². The summed E-state index contributed by atoms with van der Waals surface area (Å²) in [4.78, 5) is 22.0. The first kappa shape index (κ1) is 15.3. The lowest BCUT2D eigenvalue weighted by atomic mass is 10.2. The van der Waals surface area contributed by atoms with Crippen molar-refractivity contribution in [3.8, 4) is 0 Å². The first-order valence-corrected chi connectivity index (χ1v) is 4.70. The zero-order chi connectivity index (χ0) is 13.3. The predicted molar refractivity (Wildman–Crippen MR) is 59.1 cm³/mol. The van der Waals surface area contributed by atoms with Gasteiger partial charge in [0.25, 0.3) is 0 Å². The van der Waals surface area contributed by atoms with Crippen molar-refractivity contribution in [1.29, 1.82) is 0 Å². The van der Waals surface area contributed by atoms with Crippen LogP contribution >= 0.6 is 0 Å². The normalized spacial score (nSPS) is 11.9. The Kier molecular flexibility index (Phi) is 7.66. The van der Waals surface area contributed by atoms with Gasteiger partial charge in [-0.1, -0.05) is 0 Å². The van der Waals surface area contributed by atoms with Crippen LogP contribution in [0.2, 0.25) is 0 Å². The predicted octanol–water partition coefficient (Wildman–Crippen LogP) is 0.434. The summed E-state index contributed by atoms with van der Waals surface area (Å²) in [6.45, 7) is 0. The molecule has 6 nitrogen and oxygen atoms in total. The topological polar surface area (TPSA) is 71.1 Å². The van der Waals surface area contributed by atoms with Crippen molar-refractivity contribution in [1.82, 2.24) is 0 Å². The van der Waals surface area contributed by atoms with Crippen LogP contribution in [0.4, 0.5) is 0 Å². The monoisotopic (exact) mass is 244 g/mol. The van der Waals surface area contributed by atoms with Gasteiger partial charge in [-0.2, -0.15) is 0 Å². The molecule has 96 valence electrons. The number of methoxy groups -OCH3 is 4. The van der Waals surface area contributed by atoms with Crippen LogP contribution < -0.4 is 0 Å². The molecule has 0 saturated heterocycles. The lowest BCUT2D eigenvalue weighted by Gasteiger charge is -2.14. The fourth-order valence-corrected chi connectivity index (χ4v) is 0.990. The third kappa shape index (κ3) is 5.84.